The van der Waals surface area contributed by atoms with Gasteiger partial charge in [0.25, 0.3) is 0 Å². The molecule has 0 radical (unpaired) electrons. The lowest BCUT2D eigenvalue weighted by Crippen LogP contribution is -1.92. The van der Waals surface area contributed by atoms with Crippen LogP contribution in [0.3, 0.4) is 0 Å². The first-order valence-corrected chi connectivity index (χ1v) is 25.7. The van der Waals surface area contributed by atoms with E-state index in [1.54, 1.807) is 0 Å². The molecule has 0 saturated heterocycles. The van der Waals surface area contributed by atoms with Gasteiger partial charge in [-0.1, -0.05) is 243 Å². The lowest BCUT2D eigenvalue weighted by Gasteiger charge is -2.19. The van der Waals surface area contributed by atoms with Crippen molar-refractivity contribution in [2.24, 2.45) is 0 Å². The number of benzene rings is 15. The van der Waals surface area contributed by atoms with Crippen molar-refractivity contribution in [2.75, 3.05) is 0 Å². The molecule has 0 aliphatic heterocycles. The molecule has 0 fully saturated rings. The Labute approximate surface area is 429 Å². The van der Waals surface area contributed by atoms with E-state index in [-0.39, 0.29) is 0 Å². The second-order valence-electron chi connectivity index (χ2n) is 19.9. The minimum absolute atomic E-state index is 1.20. The van der Waals surface area contributed by atoms with Gasteiger partial charge in [-0.2, -0.15) is 0 Å². The molecular formula is C74H46. The van der Waals surface area contributed by atoms with E-state index in [2.05, 4.69) is 279 Å². The molecule has 0 aliphatic rings. The van der Waals surface area contributed by atoms with Gasteiger partial charge in [0.05, 0.1) is 0 Å². The predicted octanol–water partition coefficient (Wildman–Crippen LogP) is 20.9. The standard InChI is InChI=1S/C74H46/c1-2-17-51-41-57(39-34-47(51)15-1)72-63-22-5-7-24-65(63)73(66-25-8-6-23-64(66)72)58-40-35-49-33-38-55(45-60(49)46-58)54-37-32-48-31-36-53(43-59(48)44-54)52-19-13-20-56(42-52)71-67-26-9-11-28-69(67)74(70-29-12-10-27-68(70)71)62-30-14-18-50-16-3-4-21-61(50)62/h1-46H. The summed E-state index contributed by atoms with van der Waals surface area (Å²) in [5.41, 5.74) is 14.9. The lowest BCUT2D eigenvalue weighted by molar-refractivity contribution is 1.62. The minimum atomic E-state index is 1.20. The van der Waals surface area contributed by atoms with Crippen LogP contribution in [0.15, 0.2) is 279 Å². The molecule has 0 bridgehead atoms. The van der Waals surface area contributed by atoms with Crippen molar-refractivity contribution in [3.63, 3.8) is 0 Å². The molecule has 0 aromatic heterocycles. The van der Waals surface area contributed by atoms with Gasteiger partial charge in [-0.15, -0.1) is 0 Å². The maximum absolute atomic E-state index is 2.40. The van der Waals surface area contributed by atoms with Crippen molar-refractivity contribution in [1.29, 1.82) is 0 Å². The number of hydrogen-bond acceptors (Lipinski definition) is 0. The number of fused-ring (bicyclic) bond motifs is 8. The fourth-order valence-corrected chi connectivity index (χ4v) is 12.3. The zero-order valence-electron chi connectivity index (χ0n) is 40.6. The Bertz CT molecular complexity index is 4660. The van der Waals surface area contributed by atoms with Crippen LogP contribution in [0.1, 0.15) is 0 Å². The van der Waals surface area contributed by atoms with E-state index < -0.39 is 0 Å². The second-order valence-corrected chi connectivity index (χ2v) is 19.9. The summed E-state index contributed by atoms with van der Waals surface area (Å²) in [6, 6.07) is 104. The van der Waals surface area contributed by atoms with Crippen LogP contribution in [-0.2, 0) is 0 Å². The van der Waals surface area contributed by atoms with Crippen molar-refractivity contribution < 1.29 is 0 Å². The van der Waals surface area contributed by atoms with Gasteiger partial charge in [0.2, 0.25) is 0 Å². The molecule has 0 unspecified atom stereocenters. The van der Waals surface area contributed by atoms with Crippen LogP contribution >= 0.6 is 0 Å². The first kappa shape index (κ1) is 42.1. The van der Waals surface area contributed by atoms with Crippen molar-refractivity contribution in [1.82, 2.24) is 0 Å². The third-order valence-electron chi connectivity index (χ3n) is 15.7. The van der Waals surface area contributed by atoms with Gasteiger partial charge in [-0.25, -0.2) is 0 Å². The molecule has 0 spiro atoms. The van der Waals surface area contributed by atoms with E-state index in [4.69, 9.17) is 0 Å². The predicted molar refractivity (Wildman–Crippen MR) is 319 cm³/mol. The summed E-state index contributed by atoms with van der Waals surface area (Å²) in [5.74, 6) is 0. The first-order valence-electron chi connectivity index (χ1n) is 25.7. The zero-order chi connectivity index (χ0) is 48.7. The largest absolute Gasteiger partial charge is 0.0616 e. The zero-order valence-corrected chi connectivity index (χ0v) is 40.6. The smallest absolute Gasteiger partial charge is 0.00201 e. The van der Waals surface area contributed by atoms with E-state index in [1.165, 1.54) is 153 Å². The normalized spacial score (nSPS) is 11.8. The Balaban J connectivity index is 0.816. The van der Waals surface area contributed by atoms with Crippen molar-refractivity contribution >= 4 is 86.2 Å². The minimum Gasteiger partial charge on any atom is -0.0616 e. The van der Waals surface area contributed by atoms with Gasteiger partial charge in [0.15, 0.2) is 0 Å². The Kier molecular flexibility index (Phi) is 9.68. The highest BCUT2D eigenvalue weighted by molar-refractivity contribution is 6.24. The van der Waals surface area contributed by atoms with Crippen molar-refractivity contribution in [3.8, 4) is 66.8 Å². The molecule has 0 atom stereocenters. The van der Waals surface area contributed by atoms with Crippen LogP contribution < -0.4 is 0 Å². The molecule has 0 amide bonds. The van der Waals surface area contributed by atoms with Crippen LogP contribution in [0.5, 0.6) is 0 Å². The lowest BCUT2D eigenvalue weighted by atomic mass is 9.84. The molecule has 342 valence electrons. The van der Waals surface area contributed by atoms with Crippen LogP contribution in [0.25, 0.3) is 153 Å². The monoisotopic (exact) mass is 934 g/mol. The van der Waals surface area contributed by atoms with E-state index in [9.17, 15) is 0 Å². The van der Waals surface area contributed by atoms with Crippen molar-refractivity contribution in [3.05, 3.63) is 279 Å². The SMILES string of the molecule is c1cc(-c2ccc3ccc(-c4ccc5ccc(-c6c7ccccc7c(-c7ccc8ccccc8c7)c7ccccc67)cc5c4)cc3c2)cc(-c2c3ccccc3c(-c3cccc4ccccc34)c3ccccc23)c1. The maximum Gasteiger partial charge on any atom is -0.00201 e. The molecule has 0 heteroatoms. The highest BCUT2D eigenvalue weighted by Gasteiger charge is 2.20. The summed E-state index contributed by atoms with van der Waals surface area (Å²) in [6.07, 6.45) is 0. The first-order chi connectivity index (χ1) is 36.7. The van der Waals surface area contributed by atoms with Gasteiger partial charge in [0, 0.05) is 0 Å². The van der Waals surface area contributed by atoms with Crippen LogP contribution in [0.4, 0.5) is 0 Å². The second kappa shape index (κ2) is 17.0. The molecule has 0 saturated carbocycles. The van der Waals surface area contributed by atoms with Gasteiger partial charge >= 0.3 is 0 Å². The van der Waals surface area contributed by atoms with E-state index in [0.29, 0.717) is 0 Å². The molecule has 74 heavy (non-hydrogen) atoms. The maximum atomic E-state index is 2.40. The number of hydrogen-bond donors (Lipinski definition) is 0. The van der Waals surface area contributed by atoms with Crippen molar-refractivity contribution in [2.45, 2.75) is 0 Å². The summed E-state index contributed by atoms with van der Waals surface area (Å²) in [4.78, 5) is 0. The average Bonchev–Trinajstić information content (AvgIpc) is 3.49. The quantitative estimate of drug-likeness (QED) is 0.146. The topological polar surface area (TPSA) is 0 Å². The molecule has 15 aromatic rings. The third kappa shape index (κ3) is 6.84. The van der Waals surface area contributed by atoms with E-state index in [0.717, 1.165) is 0 Å². The summed E-state index contributed by atoms with van der Waals surface area (Å²) in [6.45, 7) is 0. The molecular weight excluding hydrogens is 889 g/mol. The third-order valence-corrected chi connectivity index (χ3v) is 15.7. The summed E-state index contributed by atoms with van der Waals surface area (Å²) in [7, 11) is 0. The van der Waals surface area contributed by atoms with Gasteiger partial charge < -0.3 is 0 Å². The molecule has 0 nitrogen and oxygen atoms in total. The highest BCUT2D eigenvalue weighted by Crippen LogP contribution is 2.47. The molecule has 0 heterocycles. The van der Waals surface area contributed by atoms with E-state index in [1.807, 2.05) is 0 Å². The Morgan fingerprint density at radius 1 is 0.135 bits per heavy atom. The van der Waals surface area contributed by atoms with Crippen LogP contribution in [-0.4, -0.2) is 0 Å². The van der Waals surface area contributed by atoms with Gasteiger partial charge in [-0.3, -0.25) is 0 Å². The summed E-state index contributed by atoms with van der Waals surface area (Å²) < 4.78 is 0. The Morgan fingerprint density at radius 3 is 0.892 bits per heavy atom. The molecule has 0 aliphatic carbocycles. The molecule has 0 N–H and O–H groups in total. The van der Waals surface area contributed by atoms with Crippen LogP contribution in [0.2, 0.25) is 0 Å². The molecule has 15 aromatic carbocycles. The van der Waals surface area contributed by atoms with Gasteiger partial charge in [-0.05, 0) is 189 Å². The molecule has 15 rings (SSSR count). The van der Waals surface area contributed by atoms with Crippen LogP contribution in [0, 0.1) is 0 Å². The number of rotatable bonds is 6. The summed E-state index contributed by atoms with van der Waals surface area (Å²) >= 11 is 0. The Morgan fingerprint density at radius 2 is 0.419 bits per heavy atom. The van der Waals surface area contributed by atoms with E-state index >= 15 is 0 Å². The fourth-order valence-electron chi connectivity index (χ4n) is 12.3. The van der Waals surface area contributed by atoms with Gasteiger partial charge in [0.1, 0.15) is 0 Å². The fraction of sp³-hybridized carbons (Fsp3) is 0. The highest BCUT2D eigenvalue weighted by atomic mass is 14.2. The summed E-state index contributed by atoms with van der Waals surface area (Å²) in [5, 5.41) is 20.0. The average molecular weight is 935 g/mol. The Hall–Kier alpha value is -9.62.